The maximum absolute atomic E-state index is 10.1. The minimum Gasteiger partial charge on any atom is -0.504 e. The van der Waals surface area contributed by atoms with E-state index in [1.165, 1.54) is 0 Å². The van der Waals surface area contributed by atoms with Crippen LogP contribution in [0.5, 0.6) is 17.2 Å². The zero-order valence-electron chi connectivity index (χ0n) is 10.7. The van der Waals surface area contributed by atoms with Crippen molar-refractivity contribution in [2.75, 3.05) is 26.4 Å². The fraction of sp³-hybridized carbons (Fsp3) is 0.462. The molecule has 2 atom stereocenters. The standard InChI is InChI=1S/C7H6O4.C6H10O3/c8-3-4-1-5(9)7(11)6(10)2-4;1(5-3-8-5)7-2-6-4-9-6/h1-3,9-11H;5-6H,1-4H2. The molecule has 2 aliphatic rings. The van der Waals surface area contributed by atoms with Gasteiger partial charge in [0.05, 0.1) is 26.4 Å². The molecule has 3 rings (SSSR count). The number of aldehydes is 1. The molecule has 0 aromatic heterocycles. The Kier molecular flexibility index (Phi) is 4.78. The van der Waals surface area contributed by atoms with Gasteiger partial charge in [-0.05, 0) is 12.1 Å². The highest BCUT2D eigenvalue weighted by Crippen LogP contribution is 2.34. The number of hydrogen-bond donors (Lipinski definition) is 3. The molecule has 0 bridgehead atoms. The van der Waals surface area contributed by atoms with E-state index in [1.54, 1.807) is 0 Å². The molecule has 2 unspecified atom stereocenters. The van der Waals surface area contributed by atoms with Crippen LogP contribution in [0.1, 0.15) is 10.4 Å². The maximum atomic E-state index is 10.1. The monoisotopic (exact) mass is 284 g/mol. The molecule has 1 aromatic carbocycles. The summed E-state index contributed by atoms with van der Waals surface area (Å²) in [5.41, 5.74) is 0.109. The van der Waals surface area contributed by atoms with Gasteiger partial charge in [0, 0.05) is 5.56 Å². The average Bonchev–Trinajstić information content (AvgIpc) is 3.30. The first-order valence-corrected chi connectivity index (χ1v) is 6.11. The molecule has 7 heteroatoms. The minimum atomic E-state index is -0.615. The van der Waals surface area contributed by atoms with Gasteiger partial charge in [-0.3, -0.25) is 4.79 Å². The van der Waals surface area contributed by atoms with E-state index in [4.69, 9.17) is 29.5 Å². The van der Waals surface area contributed by atoms with E-state index in [-0.39, 0.29) is 5.56 Å². The van der Waals surface area contributed by atoms with E-state index in [0.717, 1.165) is 38.6 Å². The number of hydrogen-bond acceptors (Lipinski definition) is 7. The number of benzene rings is 1. The Morgan fingerprint density at radius 3 is 1.90 bits per heavy atom. The van der Waals surface area contributed by atoms with Crippen LogP contribution < -0.4 is 0 Å². The summed E-state index contributed by atoms with van der Waals surface area (Å²) in [6, 6.07) is 2.12. The minimum absolute atomic E-state index is 0.109. The third-order valence-corrected chi connectivity index (χ3v) is 2.64. The van der Waals surface area contributed by atoms with Crippen LogP contribution in [-0.2, 0) is 14.2 Å². The largest absolute Gasteiger partial charge is 0.504 e. The van der Waals surface area contributed by atoms with Crippen LogP contribution >= 0.6 is 0 Å². The lowest BCUT2D eigenvalue weighted by Crippen LogP contribution is -2.06. The Balaban J connectivity index is 0.000000149. The molecule has 2 heterocycles. The number of carbonyl (C=O) groups excluding carboxylic acids is 1. The van der Waals surface area contributed by atoms with Gasteiger partial charge in [-0.2, -0.15) is 0 Å². The lowest BCUT2D eigenvalue weighted by Gasteiger charge is -1.99. The van der Waals surface area contributed by atoms with Crippen molar-refractivity contribution in [2.24, 2.45) is 0 Å². The number of aromatic hydroxyl groups is 3. The molecule has 0 aliphatic carbocycles. The van der Waals surface area contributed by atoms with E-state index in [1.807, 2.05) is 0 Å². The molecule has 20 heavy (non-hydrogen) atoms. The summed E-state index contributed by atoms with van der Waals surface area (Å²) in [6.45, 7) is 3.26. The van der Waals surface area contributed by atoms with Gasteiger partial charge in [0.2, 0.25) is 0 Å². The number of phenols is 3. The summed E-state index contributed by atoms with van der Waals surface area (Å²) in [5.74, 6) is -1.63. The van der Waals surface area contributed by atoms with Crippen molar-refractivity contribution in [1.29, 1.82) is 0 Å². The summed E-state index contributed by atoms with van der Waals surface area (Å²) in [4.78, 5) is 10.1. The summed E-state index contributed by atoms with van der Waals surface area (Å²) in [5, 5.41) is 26.5. The number of phenolic OH excluding ortho intramolecular Hbond substituents is 3. The topological polar surface area (TPSA) is 112 Å². The Bertz CT molecular complexity index is 431. The first-order chi connectivity index (χ1) is 9.60. The van der Waals surface area contributed by atoms with Gasteiger partial charge in [-0.15, -0.1) is 0 Å². The average molecular weight is 284 g/mol. The third kappa shape index (κ3) is 4.69. The molecule has 3 N–H and O–H groups in total. The van der Waals surface area contributed by atoms with Crippen LogP contribution in [0, 0.1) is 0 Å². The van der Waals surface area contributed by atoms with Gasteiger partial charge in [-0.1, -0.05) is 0 Å². The van der Waals surface area contributed by atoms with Gasteiger partial charge >= 0.3 is 0 Å². The number of ether oxygens (including phenoxy) is 3. The lowest BCUT2D eigenvalue weighted by atomic mass is 10.2. The van der Waals surface area contributed by atoms with Crippen LogP contribution in [0.4, 0.5) is 0 Å². The lowest BCUT2D eigenvalue weighted by molar-refractivity contribution is 0.102. The molecule has 2 aliphatic heterocycles. The summed E-state index contributed by atoms with van der Waals surface area (Å²) < 4.78 is 15.1. The van der Waals surface area contributed by atoms with Gasteiger partial charge in [0.15, 0.2) is 17.2 Å². The van der Waals surface area contributed by atoms with E-state index in [0.29, 0.717) is 18.5 Å². The highest BCUT2D eigenvalue weighted by molar-refractivity contribution is 5.77. The summed E-state index contributed by atoms with van der Waals surface area (Å²) in [6.07, 6.45) is 1.24. The van der Waals surface area contributed by atoms with Crippen molar-refractivity contribution in [1.82, 2.24) is 0 Å². The number of epoxide rings is 2. The molecule has 0 amide bonds. The molecular formula is C13H16O7. The molecule has 110 valence electrons. The fourth-order valence-corrected chi connectivity index (χ4v) is 1.35. The summed E-state index contributed by atoms with van der Waals surface area (Å²) >= 11 is 0. The molecule has 0 saturated carbocycles. The Morgan fingerprint density at radius 2 is 1.55 bits per heavy atom. The molecule has 2 saturated heterocycles. The SMILES string of the molecule is C(OCC1CO1)C1CO1.O=Cc1cc(O)c(O)c(O)c1. The van der Waals surface area contributed by atoms with Crippen molar-refractivity contribution in [2.45, 2.75) is 12.2 Å². The first kappa shape index (κ1) is 14.6. The molecule has 0 spiro atoms. The summed E-state index contributed by atoms with van der Waals surface area (Å²) in [7, 11) is 0. The van der Waals surface area contributed by atoms with Gasteiger partial charge in [0.1, 0.15) is 18.5 Å². The zero-order chi connectivity index (χ0) is 14.5. The van der Waals surface area contributed by atoms with Crippen molar-refractivity contribution in [3.05, 3.63) is 17.7 Å². The Morgan fingerprint density at radius 1 is 1.10 bits per heavy atom. The third-order valence-electron chi connectivity index (χ3n) is 2.64. The smallest absolute Gasteiger partial charge is 0.200 e. The number of carbonyl (C=O) groups is 1. The Labute approximate surface area is 115 Å². The first-order valence-electron chi connectivity index (χ1n) is 6.11. The molecule has 7 nitrogen and oxygen atoms in total. The predicted molar refractivity (Wildman–Crippen MR) is 67.1 cm³/mol. The van der Waals surface area contributed by atoms with E-state index in [9.17, 15) is 4.79 Å². The maximum Gasteiger partial charge on any atom is 0.200 e. The second-order valence-electron chi connectivity index (χ2n) is 4.47. The van der Waals surface area contributed by atoms with E-state index in [2.05, 4.69) is 0 Å². The van der Waals surface area contributed by atoms with Crippen molar-refractivity contribution in [3.8, 4) is 17.2 Å². The highest BCUT2D eigenvalue weighted by atomic mass is 16.6. The van der Waals surface area contributed by atoms with Crippen molar-refractivity contribution in [3.63, 3.8) is 0 Å². The van der Waals surface area contributed by atoms with Crippen LogP contribution in [0.3, 0.4) is 0 Å². The highest BCUT2D eigenvalue weighted by Gasteiger charge is 2.26. The van der Waals surface area contributed by atoms with Crippen molar-refractivity contribution < 1.29 is 34.3 Å². The fourth-order valence-electron chi connectivity index (χ4n) is 1.35. The van der Waals surface area contributed by atoms with Gasteiger partial charge in [0.25, 0.3) is 0 Å². The molecular weight excluding hydrogens is 268 g/mol. The van der Waals surface area contributed by atoms with Crippen LogP contribution in [0.15, 0.2) is 12.1 Å². The molecule has 2 fully saturated rings. The predicted octanol–water partition coefficient (Wildman–Crippen LogP) is 0.416. The molecule has 1 aromatic rings. The van der Waals surface area contributed by atoms with Gasteiger partial charge in [-0.25, -0.2) is 0 Å². The zero-order valence-corrected chi connectivity index (χ0v) is 10.7. The van der Waals surface area contributed by atoms with Crippen molar-refractivity contribution >= 4 is 6.29 Å². The van der Waals surface area contributed by atoms with Crippen LogP contribution in [0.2, 0.25) is 0 Å². The van der Waals surface area contributed by atoms with E-state index >= 15 is 0 Å². The van der Waals surface area contributed by atoms with E-state index < -0.39 is 17.2 Å². The quantitative estimate of drug-likeness (QED) is 0.408. The van der Waals surface area contributed by atoms with Crippen LogP contribution in [0.25, 0.3) is 0 Å². The Hall–Kier alpha value is -1.83. The second-order valence-corrected chi connectivity index (χ2v) is 4.47. The molecule has 0 radical (unpaired) electrons. The normalized spacial score (nSPS) is 22.6. The van der Waals surface area contributed by atoms with Crippen LogP contribution in [-0.4, -0.2) is 60.2 Å². The number of rotatable bonds is 5. The van der Waals surface area contributed by atoms with Gasteiger partial charge < -0.3 is 29.5 Å². The second kappa shape index (κ2) is 6.56.